The molecule has 2 unspecified atom stereocenters. The van der Waals surface area contributed by atoms with Gasteiger partial charge in [-0.2, -0.15) is 0 Å². The fourth-order valence-corrected chi connectivity index (χ4v) is 6.90. The van der Waals surface area contributed by atoms with Gasteiger partial charge in [0.2, 0.25) is 11.4 Å². The maximum Gasteiger partial charge on any atom is 0.260 e. The molecule has 0 saturated heterocycles. The zero-order valence-corrected chi connectivity index (χ0v) is 21.2. The number of nitrogens with zero attached hydrogens (tertiary/aromatic N) is 4. The van der Waals surface area contributed by atoms with Gasteiger partial charge in [-0.1, -0.05) is 17.8 Å². The molecule has 184 valence electrons. The molecule has 3 aliphatic heterocycles. The normalized spacial score (nSPS) is 20.0. The van der Waals surface area contributed by atoms with Gasteiger partial charge < -0.3 is 15.2 Å². The van der Waals surface area contributed by atoms with Crippen molar-refractivity contribution in [2.75, 3.05) is 11.2 Å². The van der Waals surface area contributed by atoms with E-state index in [0.29, 0.717) is 11.1 Å². The number of aryl methyl sites for hydroxylation is 2. The van der Waals surface area contributed by atoms with E-state index in [-0.39, 0.29) is 29.4 Å². The average Bonchev–Trinajstić information content (AvgIpc) is 3.52. The first-order valence-electron chi connectivity index (χ1n) is 11.9. The van der Waals surface area contributed by atoms with E-state index in [2.05, 4.69) is 9.55 Å². The number of benzene rings is 2. The van der Waals surface area contributed by atoms with Gasteiger partial charge in [-0.05, 0) is 48.2 Å². The monoisotopic (exact) mass is 510 g/mol. The zero-order valence-electron chi connectivity index (χ0n) is 20.4. The lowest BCUT2D eigenvalue weighted by Crippen LogP contribution is -2.50. The SMILES string of the molecule is CSc1c(C2=C(c3c[nH]c4ccc(O)cc34)C(=O)N3c4ccc(O)cc4C4C=CN=C2C43)n(C)c[n+]1C. The summed E-state index contributed by atoms with van der Waals surface area (Å²) in [6.07, 6.45) is 9.68. The van der Waals surface area contributed by atoms with Crippen LogP contribution in [0.15, 0.2) is 71.2 Å². The number of carbonyl (C=O) groups excluding carboxylic acids is 1. The topological polar surface area (TPSA) is 97.7 Å². The summed E-state index contributed by atoms with van der Waals surface area (Å²) in [6, 6.07) is 9.99. The molecule has 2 atom stereocenters. The van der Waals surface area contributed by atoms with Gasteiger partial charge in [0, 0.05) is 40.5 Å². The molecule has 0 bridgehead atoms. The van der Waals surface area contributed by atoms with Crippen LogP contribution in [0.25, 0.3) is 22.0 Å². The predicted octanol–water partition coefficient (Wildman–Crippen LogP) is 3.86. The standard InChI is InChI=1S/C28H23N5O3S/c1-31-13-32(2)28(37-3)26(31)23-22(19-12-30-20-6-4-14(34)10-17(19)20)27(36)33-21-7-5-15(35)11-18(21)16-8-9-29-24(23)25(16)33/h4-13,16,25H,1-3H3,(H2-,29,30,34,35,36)/p+1. The summed E-state index contributed by atoms with van der Waals surface area (Å²) >= 11 is 1.62. The summed E-state index contributed by atoms with van der Waals surface area (Å²) in [5, 5.41) is 22.4. The summed E-state index contributed by atoms with van der Waals surface area (Å²) in [6.45, 7) is 0. The average molecular weight is 511 g/mol. The van der Waals surface area contributed by atoms with Crippen LogP contribution in [-0.4, -0.2) is 43.7 Å². The summed E-state index contributed by atoms with van der Waals surface area (Å²) < 4.78 is 4.10. The smallest absolute Gasteiger partial charge is 0.260 e. The molecule has 0 radical (unpaired) electrons. The first kappa shape index (κ1) is 22.0. The number of imidazole rings is 1. The lowest BCUT2D eigenvalue weighted by Gasteiger charge is -2.36. The van der Waals surface area contributed by atoms with Gasteiger partial charge in [0.25, 0.3) is 5.91 Å². The second-order valence-corrected chi connectivity index (χ2v) is 10.4. The van der Waals surface area contributed by atoms with E-state index in [1.54, 1.807) is 36.0 Å². The molecule has 1 amide bonds. The maximum absolute atomic E-state index is 14.6. The fourth-order valence-electron chi connectivity index (χ4n) is 6.12. The summed E-state index contributed by atoms with van der Waals surface area (Å²) in [4.78, 5) is 24.6. The van der Waals surface area contributed by atoms with Crippen molar-refractivity contribution in [1.29, 1.82) is 0 Å². The molecular weight excluding hydrogens is 486 g/mol. The van der Waals surface area contributed by atoms with Gasteiger partial charge in [-0.15, -0.1) is 0 Å². The first-order valence-corrected chi connectivity index (χ1v) is 13.2. The third-order valence-electron chi connectivity index (χ3n) is 7.56. The van der Waals surface area contributed by atoms with Crippen LogP contribution in [0.1, 0.15) is 22.7 Å². The molecule has 2 aromatic heterocycles. The van der Waals surface area contributed by atoms with Crippen molar-refractivity contribution in [2.45, 2.75) is 17.0 Å². The summed E-state index contributed by atoms with van der Waals surface area (Å²) in [7, 11) is 3.98. The molecule has 3 N–H and O–H groups in total. The molecule has 7 rings (SSSR count). The second kappa shape index (κ2) is 7.63. The Morgan fingerprint density at radius 3 is 2.70 bits per heavy atom. The van der Waals surface area contributed by atoms with Crippen LogP contribution in [0.4, 0.5) is 5.69 Å². The predicted molar refractivity (Wildman–Crippen MR) is 144 cm³/mol. The van der Waals surface area contributed by atoms with E-state index < -0.39 is 0 Å². The Kier molecular flexibility index (Phi) is 4.54. The number of fused-ring (bicyclic) bond motifs is 4. The zero-order chi connectivity index (χ0) is 25.6. The van der Waals surface area contributed by atoms with Crippen LogP contribution >= 0.6 is 11.8 Å². The van der Waals surface area contributed by atoms with Crippen molar-refractivity contribution in [3.8, 4) is 11.5 Å². The quantitative estimate of drug-likeness (QED) is 0.288. The van der Waals surface area contributed by atoms with Crippen LogP contribution in [0.3, 0.4) is 0 Å². The van der Waals surface area contributed by atoms with E-state index >= 15 is 0 Å². The summed E-state index contributed by atoms with van der Waals surface area (Å²) in [5.74, 6) is 0.0487. The van der Waals surface area contributed by atoms with Crippen LogP contribution in [-0.2, 0) is 18.9 Å². The Bertz CT molecular complexity index is 1760. The van der Waals surface area contributed by atoms with Gasteiger partial charge in [-0.25, -0.2) is 9.13 Å². The Morgan fingerprint density at radius 1 is 1.11 bits per heavy atom. The molecule has 5 heterocycles. The van der Waals surface area contributed by atoms with Crippen LogP contribution < -0.4 is 9.47 Å². The third kappa shape index (κ3) is 2.88. The highest BCUT2D eigenvalue weighted by atomic mass is 32.2. The number of amides is 1. The Hall–Kier alpha value is -4.24. The van der Waals surface area contributed by atoms with Gasteiger partial charge in [0.15, 0.2) is 5.69 Å². The van der Waals surface area contributed by atoms with Crippen molar-refractivity contribution in [1.82, 2.24) is 9.55 Å². The highest BCUT2D eigenvalue weighted by molar-refractivity contribution is 7.98. The molecule has 8 nitrogen and oxygen atoms in total. The van der Waals surface area contributed by atoms with Crippen molar-refractivity contribution >= 4 is 51.1 Å². The number of carbonyl (C=O) groups is 1. The Morgan fingerprint density at radius 2 is 1.89 bits per heavy atom. The van der Waals surface area contributed by atoms with E-state index in [4.69, 9.17) is 4.99 Å². The third-order valence-corrected chi connectivity index (χ3v) is 8.43. The largest absolute Gasteiger partial charge is 0.508 e. The number of aromatic hydroxyl groups is 2. The Balaban J connectivity index is 1.61. The lowest BCUT2D eigenvalue weighted by atomic mass is 9.80. The van der Waals surface area contributed by atoms with Crippen molar-refractivity contribution in [3.05, 3.63) is 78.0 Å². The number of H-pyrrole nitrogens is 1. The molecule has 37 heavy (non-hydrogen) atoms. The number of aromatic amines is 1. The van der Waals surface area contributed by atoms with Crippen molar-refractivity contribution in [3.63, 3.8) is 0 Å². The number of phenolic OH excluding ortho intramolecular Hbond substituents is 2. The molecule has 0 aliphatic carbocycles. The number of aliphatic imine (C=N–C) groups is 1. The molecule has 9 heteroatoms. The van der Waals surface area contributed by atoms with Crippen LogP contribution in [0.5, 0.6) is 11.5 Å². The first-order chi connectivity index (χ1) is 17.9. The molecule has 0 saturated carbocycles. The highest BCUT2D eigenvalue weighted by Crippen LogP contribution is 2.52. The van der Waals surface area contributed by atoms with E-state index in [9.17, 15) is 15.0 Å². The minimum Gasteiger partial charge on any atom is -0.508 e. The number of hydrogen-bond acceptors (Lipinski definition) is 5. The number of nitrogens with one attached hydrogen (secondary N) is 1. The molecular formula is C28H24N5O3S+. The van der Waals surface area contributed by atoms with Gasteiger partial charge in [-0.3, -0.25) is 14.7 Å². The molecule has 0 fully saturated rings. The molecule has 2 aromatic carbocycles. The van der Waals surface area contributed by atoms with E-state index in [1.165, 1.54) is 0 Å². The number of anilines is 1. The Labute approximate surface area is 216 Å². The van der Waals surface area contributed by atoms with Gasteiger partial charge in [0.1, 0.15) is 11.5 Å². The van der Waals surface area contributed by atoms with E-state index in [1.807, 2.05) is 66.8 Å². The minimum atomic E-state index is -0.318. The van der Waals surface area contributed by atoms with Crippen LogP contribution in [0.2, 0.25) is 0 Å². The molecule has 0 spiro atoms. The number of hydrogen-bond donors (Lipinski definition) is 3. The van der Waals surface area contributed by atoms with Crippen molar-refractivity contribution in [2.24, 2.45) is 19.1 Å². The van der Waals surface area contributed by atoms with Gasteiger partial charge >= 0.3 is 0 Å². The van der Waals surface area contributed by atoms with E-state index in [0.717, 1.165) is 44.2 Å². The molecule has 4 aromatic rings. The van der Waals surface area contributed by atoms with Crippen LogP contribution in [0, 0.1) is 0 Å². The fraction of sp³-hybridized carbons (Fsp3) is 0.179. The number of aromatic nitrogens is 3. The van der Waals surface area contributed by atoms with Gasteiger partial charge in [0.05, 0.1) is 37.0 Å². The number of phenols is 2. The molecule has 3 aliphatic rings. The summed E-state index contributed by atoms with van der Waals surface area (Å²) in [5.41, 5.74) is 6.26. The number of thioether (sulfide) groups is 1. The van der Waals surface area contributed by atoms with Crippen molar-refractivity contribution < 1.29 is 19.6 Å². The lowest BCUT2D eigenvalue weighted by molar-refractivity contribution is -0.707. The number of rotatable bonds is 3. The minimum absolute atomic E-state index is 0.117. The maximum atomic E-state index is 14.6. The second-order valence-electron chi connectivity index (χ2n) is 9.62. The highest BCUT2D eigenvalue weighted by Gasteiger charge is 2.52.